The quantitative estimate of drug-likeness (QED) is 0.692. The summed E-state index contributed by atoms with van der Waals surface area (Å²) in [6.45, 7) is 7.58. The molecule has 0 bridgehead atoms. The molecule has 0 atom stereocenters. The lowest BCUT2D eigenvalue weighted by Crippen LogP contribution is -2.33. The van der Waals surface area contributed by atoms with Crippen molar-refractivity contribution in [1.82, 2.24) is 10.2 Å². The second-order valence-electron chi connectivity index (χ2n) is 2.41. The summed E-state index contributed by atoms with van der Waals surface area (Å²) in [6, 6.07) is 0. The number of nitrogens with one attached hydrogen (secondary N) is 1. The Labute approximate surface area is 76.1 Å². The molecule has 0 saturated carbocycles. The number of hydrogen-bond donors (Lipinski definition) is 1. The van der Waals surface area contributed by atoms with Gasteiger partial charge in [0.25, 0.3) is 0 Å². The van der Waals surface area contributed by atoms with Crippen molar-refractivity contribution in [2.24, 2.45) is 0 Å². The topological polar surface area (TPSA) is 32.3 Å². The van der Waals surface area contributed by atoms with Crippen molar-refractivity contribution in [2.45, 2.75) is 27.2 Å². The average molecular weight is 174 g/mol. The maximum absolute atomic E-state index is 10.7. The fraction of sp³-hybridized carbons (Fsp3) is 0.889. The van der Waals surface area contributed by atoms with Crippen LogP contribution in [0.3, 0.4) is 0 Å². The van der Waals surface area contributed by atoms with E-state index in [2.05, 4.69) is 12.2 Å². The Bertz CT molecular complexity index is 105. The summed E-state index contributed by atoms with van der Waals surface area (Å²) in [5, 5.41) is 2.57. The highest BCUT2D eigenvalue weighted by Gasteiger charge is 2.01. The normalized spacial score (nSPS) is 8.83. The second-order valence-corrected chi connectivity index (χ2v) is 2.41. The van der Waals surface area contributed by atoms with Crippen molar-refractivity contribution in [3.05, 3.63) is 0 Å². The highest BCUT2D eigenvalue weighted by atomic mass is 16.1. The highest BCUT2D eigenvalue weighted by Crippen LogP contribution is 1.84. The molecule has 1 amide bonds. The monoisotopic (exact) mass is 174 g/mol. The van der Waals surface area contributed by atoms with Crippen LogP contribution in [0.4, 0.5) is 0 Å². The maximum Gasteiger partial charge on any atom is 0.233 e. The number of rotatable bonds is 4. The Balaban J connectivity index is 0. The summed E-state index contributed by atoms with van der Waals surface area (Å²) in [5.41, 5.74) is 0. The molecule has 0 aliphatic heterocycles. The van der Waals surface area contributed by atoms with Gasteiger partial charge in [-0.05, 0) is 20.0 Å². The molecule has 12 heavy (non-hydrogen) atoms. The number of nitrogens with zero attached hydrogens (tertiary/aromatic N) is 1. The van der Waals surface area contributed by atoms with E-state index in [9.17, 15) is 4.79 Å². The van der Waals surface area contributed by atoms with Gasteiger partial charge >= 0.3 is 0 Å². The smallest absolute Gasteiger partial charge is 0.233 e. The van der Waals surface area contributed by atoms with Gasteiger partial charge in [-0.2, -0.15) is 0 Å². The maximum atomic E-state index is 10.7. The van der Waals surface area contributed by atoms with Crippen molar-refractivity contribution in [1.29, 1.82) is 0 Å². The van der Waals surface area contributed by atoms with Crippen molar-refractivity contribution in [3.8, 4) is 0 Å². The fourth-order valence-electron chi connectivity index (χ4n) is 0.785. The van der Waals surface area contributed by atoms with Crippen LogP contribution in [0.25, 0.3) is 0 Å². The van der Waals surface area contributed by atoms with Gasteiger partial charge in [0, 0.05) is 7.05 Å². The largest absolute Gasteiger partial charge is 0.358 e. The SMILES string of the molecule is CC.CCCN(C)CC(=O)NC. The van der Waals surface area contributed by atoms with Gasteiger partial charge in [-0.3, -0.25) is 9.69 Å². The molecule has 74 valence electrons. The summed E-state index contributed by atoms with van der Waals surface area (Å²) in [4.78, 5) is 12.7. The van der Waals surface area contributed by atoms with Crippen LogP contribution in [-0.2, 0) is 4.79 Å². The zero-order chi connectivity index (χ0) is 9.98. The van der Waals surface area contributed by atoms with Gasteiger partial charge < -0.3 is 5.32 Å². The summed E-state index contributed by atoms with van der Waals surface area (Å²) in [7, 11) is 3.60. The molecule has 1 N–H and O–H groups in total. The zero-order valence-electron chi connectivity index (χ0n) is 8.98. The molecule has 0 aliphatic rings. The van der Waals surface area contributed by atoms with Gasteiger partial charge in [0.1, 0.15) is 0 Å². The van der Waals surface area contributed by atoms with Gasteiger partial charge in [0.15, 0.2) is 0 Å². The third-order valence-electron chi connectivity index (χ3n) is 1.30. The first-order chi connectivity index (χ1) is 5.70. The minimum absolute atomic E-state index is 0.0796. The van der Waals surface area contributed by atoms with E-state index in [1.54, 1.807) is 7.05 Å². The Hall–Kier alpha value is -0.570. The van der Waals surface area contributed by atoms with E-state index in [-0.39, 0.29) is 5.91 Å². The number of likely N-dealkylation sites (N-methyl/N-ethyl adjacent to an activating group) is 2. The third-order valence-corrected chi connectivity index (χ3v) is 1.30. The minimum Gasteiger partial charge on any atom is -0.358 e. The van der Waals surface area contributed by atoms with Crippen LogP contribution in [0.15, 0.2) is 0 Å². The Morgan fingerprint density at radius 2 is 1.92 bits per heavy atom. The number of carbonyl (C=O) groups excluding carboxylic acids is 1. The molecule has 0 aromatic heterocycles. The molecule has 0 radical (unpaired) electrons. The molecule has 0 unspecified atom stereocenters. The highest BCUT2D eigenvalue weighted by molar-refractivity contribution is 5.77. The van der Waals surface area contributed by atoms with Gasteiger partial charge in [-0.25, -0.2) is 0 Å². The lowest BCUT2D eigenvalue weighted by molar-refractivity contribution is -0.121. The van der Waals surface area contributed by atoms with E-state index in [0.717, 1.165) is 13.0 Å². The van der Waals surface area contributed by atoms with Gasteiger partial charge in [-0.15, -0.1) is 0 Å². The number of carbonyl (C=O) groups is 1. The molecule has 0 fully saturated rings. The second kappa shape index (κ2) is 10.4. The molecule has 0 aromatic carbocycles. The standard InChI is InChI=1S/C7H16N2O.C2H6/c1-4-5-9(3)6-7(10)8-2;1-2/h4-6H2,1-3H3,(H,8,10);1-2H3. The summed E-state index contributed by atoms with van der Waals surface area (Å²) in [5.74, 6) is 0.0796. The van der Waals surface area contributed by atoms with Crippen molar-refractivity contribution in [2.75, 3.05) is 27.2 Å². The van der Waals surface area contributed by atoms with Crippen LogP contribution in [0.1, 0.15) is 27.2 Å². The molecular formula is C9H22N2O. The first-order valence-electron chi connectivity index (χ1n) is 4.59. The van der Waals surface area contributed by atoms with E-state index < -0.39 is 0 Å². The molecule has 0 saturated heterocycles. The Kier molecular flexibility index (Phi) is 12.2. The van der Waals surface area contributed by atoms with E-state index in [4.69, 9.17) is 0 Å². The van der Waals surface area contributed by atoms with Crippen LogP contribution < -0.4 is 5.32 Å². The third kappa shape index (κ3) is 9.43. The van der Waals surface area contributed by atoms with Crippen molar-refractivity contribution >= 4 is 5.91 Å². The van der Waals surface area contributed by atoms with Gasteiger partial charge in [-0.1, -0.05) is 20.8 Å². The fourth-order valence-corrected chi connectivity index (χ4v) is 0.785. The predicted octanol–water partition coefficient (Wildman–Crippen LogP) is 1.10. The molecular weight excluding hydrogens is 152 g/mol. The van der Waals surface area contributed by atoms with Gasteiger partial charge in [0.05, 0.1) is 6.54 Å². The van der Waals surface area contributed by atoms with Crippen LogP contribution in [0.5, 0.6) is 0 Å². The Morgan fingerprint density at radius 3 is 2.25 bits per heavy atom. The lowest BCUT2D eigenvalue weighted by atomic mass is 10.4. The molecule has 0 aromatic rings. The zero-order valence-corrected chi connectivity index (χ0v) is 8.98. The molecule has 0 heterocycles. The summed E-state index contributed by atoms with van der Waals surface area (Å²) in [6.07, 6.45) is 1.09. The van der Waals surface area contributed by atoms with Crippen molar-refractivity contribution < 1.29 is 4.79 Å². The molecule has 0 rings (SSSR count). The molecule has 0 aliphatic carbocycles. The van der Waals surface area contributed by atoms with Gasteiger partial charge in [0.2, 0.25) is 5.91 Å². The van der Waals surface area contributed by atoms with E-state index in [1.807, 2.05) is 25.8 Å². The molecule has 3 heteroatoms. The minimum atomic E-state index is 0.0796. The van der Waals surface area contributed by atoms with Crippen LogP contribution in [0.2, 0.25) is 0 Å². The summed E-state index contributed by atoms with van der Waals surface area (Å²) < 4.78 is 0. The van der Waals surface area contributed by atoms with Crippen LogP contribution in [-0.4, -0.2) is 38.0 Å². The molecule has 0 spiro atoms. The van der Waals surface area contributed by atoms with E-state index >= 15 is 0 Å². The van der Waals surface area contributed by atoms with Crippen LogP contribution in [0, 0.1) is 0 Å². The average Bonchev–Trinajstić information content (AvgIpc) is 2.08. The molecule has 3 nitrogen and oxygen atoms in total. The number of amides is 1. The van der Waals surface area contributed by atoms with Crippen molar-refractivity contribution in [3.63, 3.8) is 0 Å². The predicted molar refractivity (Wildman–Crippen MR) is 53.2 cm³/mol. The van der Waals surface area contributed by atoms with E-state index in [0.29, 0.717) is 6.54 Å². The first-order valence-corrected chi connectivity index (χ1v) is 4.59. The Morgan fingerprint density at radius 1 is 1.42 bits per heavy atom. The van der Waals surface area contributed by atoms with E-state index in [1.165, 1.54) is 0 Å². The lowest BCUT2D eigenvalue weighted by Gasteiger charge is -2.13. The number of hydrogen-bond acceptors (Lipinski definition) is 2. The summed E-state index contributed by atoms with van der Waals surface area (Å²) >= 11 is 0. The first kappa shape index (κ1) is 14.0. The van der Waals surface area contributed by atoms with Crippen LogP contribution >= 0.6 is 0 Å².